The van der Waals surface area contributed by atoms with Crippen molar-refractivity contribution in [1.29, 1.82) is 0 Å². The van der Waals surface area contributed by atoms with E-state index in [4.69, 9.17) is 0 Å². The topological polar surface area (TPSA) is 0 Å². The molecule has 0 fully saturated rings. The summed E-state index contributed by atoms with van der Waals surface area (Å²) in [6.07, 6.45) is 6.01. The molecule has 0 amide bonds. The molecule has 1 aromatic carbocycles. The van der Waals surface area contributed by atoms with E-state index in [1.165, 1.54) is 29.7 Å². The Morgan fingerprint density at radius 2 is 2.27 bits per heavy atom. The van der Waals surface area contributed by atoms with Crippen molar-refractivity contribution < 1.29 is 0 Å². The fraction of sp³-hybridized carbons (Fsp3) is 0.429. The molecular formula is C14H18S. The monoisotopic (exact) mass is 218 g/mol. The van der Waals surface area contributed by atoms with Gasteiger partial charge in [0, 0.05) is 4.91 Å². The molecule has 2 rings (SSSR count). The van der Waals surface area contributed by atoms with Crippen LogP contribution < -0.4 is 0 Å². The molecule has 0 nitrogen and oxygen atoms in total. The lowest BCUT2D eigenvalue weighted by molar-refractivity contribution is 0.590. The van der Waals surface area contributed by atoms with E-state index in [2.05, 4.69) is 38.0 Å². The lowest BCUT2D eigenvalue weighted by Crippen LogP contribution is -2.07. The maximum absolute atomic E-state index is 4.07. The maximum atomic E-state index is 4.07. The van der Waals surface area contributed by atoms with Crippen LogP contribution in [0.5, 0.6) is 0 Å². The van der Waals surface area contributed by atoms with Crippen molar-refractivity contribution in [2.24, 2.45) is 0 Å². The predicted octanol–water partition coefficient (Wildman–Crippen LogP) is 4.46. The Balaban J connectivity index is 2.37. The maximum Gasteiger partial charge on any atom is 0.00698 e. The van der Waals surface area contributed by atoms with Gasteiger partial charge in [0.1, 0.15) is 0 Å². The van der Waals surface area contributed by atoms with Gasteiger partial charge < -0.3 is 0 Å². The number of aryl methyl sites for hydroxylation is 1. The molecule has 1 heteroatoms. The van der Waals surface area contributed by atoms with Gasteiger partial charge in [0.2, 0.25) is 0 Å². The highest BCUT2D eigenvalue weighted by Crippen LogP contribution is 2.34. The lowest BCUT2D eigenvalue weighted by Gasteiger charge is -2.23. The molecule has 0 saturated carbocycles. The molecule has 0 spiro atoms. The van der Waals surface area contributed by atoms with Crippen molar-refractivity contribution in [3.05, 3.63) is 41.5 Å². The van der Waals surface area contributed by atoms with Gasteiger partial charge in [-0.05, 0) is 48.1 Å². The highest BCUT2D eigenvalue weighted by atomic mass is 32.2. The molecule has 0 aromatic heterocycles. The molecule has 0 aliphatic heterocycles. The quantitative estimate of drug-likeness (QED) is 0.706. The predicted molar refractivity (Wildman–Crippen MR) is 70.3 cm³/mol. The van der Waals surface area contributed by atoms with Crippen LogP contribution in [0.15, 0.2) is 24.8 Å². The van der Waals surface area contributed by atoms with Crippen LogP contribution in [0.1, 0.15) is 42.4 Å². The molecule has 1 unspecified atom stereocenters. The van der Waals surface area contributed by atoms with E-state index >= 15 is 0 Å². The van der Waals surface area contributed by atoms with Gasteiger partial charge in [-0.2, -0.15) is 0 Å². The largest absolute Gasteiger partial charge is 0.130 e. The summed E-state index contributed by atoms with van der Waals surface area (Å²) >= 11 is 1.73. The van der Waals surface area contributed by atoms with Crippen LogP contribution in [0, 0.1) is 0 Å². The van der Waals surface area contributed by atoms with E-state index < -0.39 is 0 Å². The van der Waals surface area contributed by atoms with Gasteiger partial charge in [0.15, 0.2) is 0 Å². The molecular weight excluding hydrogens is 200 g/mol. The van der Waals surface area contributed by atoms with E-state index in [9.17, 15) is 0 Å². The Morgan fingerprint density at radius 1 is 1.47 bits per heavy atom. The van der Waals surface area contributed by atoms with Gasteiger partial charge in [0.05, 0.1) is 0 Å². The second-order valence-electron chi connectivity index (χ2n) is 4.33. The van der Waals surface area contributed by atoms with Crippen LogP contribution in [-0.2, 0) is 6.42 Å². The van der Waals surface area contributed by atoms with E-state index in [1.54, 1.807) is 22.9 Å². The zero-order chi connectivity index (χ0) is 10.8. The Hall–Kier alpha value is -0.690. The van der Waals surface area contributed by atoms with Gasteiger partial charge in [-0.3, -0.25) is 0 Å². The summed E-state index contributed by atoms with van der Waals surface area (Å²) < 4.78 is 0. The summed E-state index contributed by atoms with van der Waals surface area (Å²) in [4.78, 5) is 1.18. The number of hydrogen-bond acceptors (Lipinski definition) is 1. The second kappa shape index (κ2) is 4.44. The smallest absolute Gasteiger partial charge is 0.00698 e. The fourth-order valence-electron chi connectivity index (χ4n) is 2.35. The standard InChI is InChI=1S/C14H18S/c1-10-5-4-6-13-9-12(11(2)15-3)7-8-14(10)13/h7-10H,2,4-6H2,1,3H3. The summed E-state index contributed by atoms with van der Waals surface area (Å²) in [7, 11) is 0. The van der Waals surface area contributed by atoms with Gasteiger partial charge in [0.25, 0.3) is 0 Å². The van der Waals surface area contributed by atoms with Crippen molar-refractivity contribution >= 4 is 16.7 Å². The number of rotatable bonds is 2. The Labute approximate surface area is 96.8 Å². The van der Waals surface area contributed by atoms with Crippen molar-refractivity contribution in [2.45, 2.75) is 32.1 Å². The minimum atomic E-state index is 0.741. The van der Waals surface area contributed by atoms with E-state index in [1.807, 2.05) is 0 Å². The van der Waals surface area contributed by atoms with Crippen molar-refractivity contribution in [3.63, 3.8) is 0 Å². The zero-order valence-corrected chi connectivity index (χ0v) is 10.4. The van der Waals surface area contributed by atoms with Gasteiger partial charge in [-0.15, -0.1) is 11.8 Å². The lowest BCUT2D eigenvalue weighted by atomic mass is 9.83. The van der Waals surface area contributed by atoms with E-state index in [0.29, 0.717) is 0 Å². The van der Waals surface area contributed by atoms with Crippen LogP contribution >= 0.6 is 11.8 Å². The number of hydrogen-bond donors (Lipinski definition) is 0. The van der Waals surface area contributed by atoms with Crippen LogP contribution in [0.3, 0.4) is 0 Å². The number of fused-ring (bicyclic) bond motifs is 1. The van der Waals surface area contributed by atoms with Crippen molar-refractivity contribution in [3.8, 4) is 0 Å². The number of benzene rings is 1. The first-order valence-corrected chi connectivity index (χ1v) is 6.81. The summed E-state index contributed by atoms with van der Waals surface area (Å²) in [6.45, 7) is 6.41. The zero-order valence-electron chi connectivity index (χ0n) is 9.55. The minimum absolute atomic E-state index is 0.741. The highest BCUT2D eigenvalue weighted by molar-refractivity contribution is 8.07. The van der Waals surface area contributed by atoms with E-state index in [-0.39, 0.29) is 0 Å². The van der Waals surface area contributed by atoms with Crippen LogP contribution in [0.2, 0.25) is 0 Å². The Bertz CT molecular complexity index is 379. The molecule has 1 aliphatic rings. The summed E-state index contributed by atoms with van der Waals surface area (Å²) in [6, 6.07) is 6.86. The number of thioether (sulfide) groups is 1. The van der Waals surface area contributed by atoms with Crippen molar-refractivity contribution in [1.82, 2.24) is 0 Å². The normalized spacial score (nSPS) is 19.7. The van der Waals surface area contributed by atoms with Crippen LogP contribution in [0.4, 0.5) is 0 Å². The van der Waals surface area contributed by atoms with Gasteiger partial charge >= 0.3 is 0 Å². The van der Waals surface area contributed by atoms with Gasteiger partial charge in [-0.25, -0.2) is 0 Å². The molecule has 15 heavy (non-hydrogen) atoms. The molecule has 0 radical (unpaired) electrons. The summed E-state index contributed by atoms with van der Waals surface area (Å²) in [5.41, 5.74) is 4.40. The van der Waals surface area contributed by atoms with Crippen LogP contribution in [-0.4, -0.2) is 6.26 Å². The first-order chi connectivity index (χ1) is 7.22. The van der Waals surface area contributed by atoms with Gasteiger partial charge in [-0.1, -0.05) is 31.7 Å². The van der Waals surface area contributed by atoms with Crippen molar-refractivity contribution in [2.75, 3.05) is 6.26 Å². The molecule has 0 heterocycles. The average molecular weight is 218 g/mol. The Morgan fingerprint density at radius 3 is 3.00 bits per heavy atom. The fourth-order valence-corrected chi connectivity index (χ4v) is 2.71. The SMILES string of the molecule is C=C(SC)c1ccc2c(c1)CCCC2C. The third-order valence-corrected chi connectivity index (χ3v) is 4.05. The molecule has 0 saturated heterocycles. The molecule has 0 N–H and O–H groups in total. The second-order valence-corrected chi connectivity index (χ2v) is 5.24. The first-order valence-electron chi connectivity index (χ1n) is 5.58. The first kappa shape index (κ1) is 10.8. The molecule has 80 valence electrons. The Kier molecular flexibility index (Phi) is 3.20. The molecule has 1 aromatic rings. The average Bonchev–Trinajstić information content (AvgIpc) is 2.28. The third kappa shape index (κ3) is 2.12. The summed E-state index contributed by atoms with van der Waals surface area (Å²) in [5.74, 6) is 0.741. The molecule has 0 bridgehead atoms. The molecule has 1 atom stereocenters. The summed E-state index contributed by atoms with van der Waals surface area (Å²) in [5, 5.41) is 0. The van der Waals surface area contributed by atoms with Crippen LogP contribution in [0.25, 0.3) is 4.91 Å². The minimum Gasteiger partial charge on any atom is -0.130 e. The third-order valence-electron chi connectivity index (χ3n) is 3.33. The highest BCUT2D eigenvalue weighted by Gasteiger charge is 2.16. The molecule has 1 aliphatic carbocycles. The van der Waals surface area contributed by atoms with E-state index in [0.717, 1.165) is 5.92 Å².